The number of rotatable bonds is 1. The molecule has 0 nitrogen and oxygen atoms in total. The monoisotopic (exact) mass is 159 g/mol. The van der Waals surface area contributed by atoms with Crippen LogP contribution in [0.5, 0.6) is 0 Å². The van der Waals surface area contributed by atoms with Gasteiger partial charge in [0.2, 0.25) is 0 Å². The largest absolute Gasteiger partial charge is 0.358 e. The summed E-state index contributed by atoms with van der Waals surface area (Å²) in [5, 5.41) is -4.21. The first-order valence-corrected chi connectivity index (χ1v) is 2.46. The lowest BCUT2D eigenvalue weighted by molar-refractivity contribution is 0.147. The van der Waals surface area contributed by atoms with Gasteiger partial charge in [0.15, 0.2) is 0 Å². The van der Waals surface area contributed by atoms with Crippen LogP contribution in [0, 0.1) is 6.92 Å². The van der Waals surface area contributed by atoms with Crippen LogP contribution in [0.3, 0.4) is 0 Å². The van der Waals surface area contributed by atoms with Crippen molar-refractivity contribution < 1.29 is 8.78 Å². The van der Waals surface area contributed by atoms with Gasteiger partial charge in [0, 0.05) is 0 Å². The normalized spacial score (nSPS) is 14.4. The van der Waals surface area contributed by atoms with Gasteiger partial charge < -0.3 is 0 Å². The van der Waals surface area contributed by atoms with Gasteiger partial charge in [-0.05, 0) is 18.5 Å². The molecule has 0 rings (SSSR count). The Morgan fingerprint density at radius 2 is 2.00 bits per heavy atom. The van der Waals surface area contributed by atoms with Crippen molar-refractivity contribution in [3.63, 3.8) is 0 Å². The van der Waals surface area contributed by atoms with Gasteiger partial charge in [-0.15, -0.1) is 0 Å². The van der Waals surface area contributed by atoms with E-state index in [0.29, 0.717) is 0 Å². The van der Waals surface area contributed by atoms with Crippen LogP contribution in [-0.4, -0.2) is 5.38 Å². The van der Waals surface area contributed by atoms with Gasteiger partial charge in [-0.2, -0.15) is 8.78 Å². The van der Waals surface area contributed by atoms with E-state index in [2.05, 4.69) is 18.5 Å². The van der Waals surface area contributed by atoms with Gasteiger partial charge in [0.05, 0.1) is 5.03 Å². The molecule has 0 aliphatic rings. The van der Waals surface area contributed by atoms with Gasteiger partial charge in [-0.1, -0.05) is 17.7 Å². The lowest BCUT2D eigenvalue weighted by Crippen LogP contribution is -2.04. The molecule has 0 atom stereocenters. The standard InChI is InChI=1S/C4H3Cl2F2/c1-2-3(5)4(6,7)8/h2H,1H2/b3-2-. The lowest BCUT2D eigenvalue weighted by atomic mass is 10.5. The molecule has 0 aromatic carbocycles. The zero-order valence-electron chi connectivity index (χ0n) is 3.80. The fourth-order valence-electron chi connectivity index (χ4n) is 0.116. The predicted molar refractivity (Wildman–Crippen MR) is 30.1 cm³/mol. The van der Waals surface area contributed by atoms with Crippen LogP contribution in [0.15, 0.2) is 11.1 Å². The average molecular weight is 160 g/mol. The summed E-state index contributed by atoms with van der Waals surface area (Å²) in [6.45, 7) is 2.99. The highest BCUT2D eigenvalue weighted by molar-refractivity contribution is 6.38. The second kappa shape index (κ2) is 2.65. The van der Waals surface area contributed by atoms with Gasteiger partial charge in [0.1, 0.15) is 0 Å². The summed E-state index contributed by atoms with van der Waals surface area (Å²) < 4.78 is 23.3. The maximum absolute atomic E-state index is 11.6. The summed E-state index contributed by atoms with van der Waals surface area (Å²) in [4.78, 5) is 0. The highest BCUT2D eigenvalue weighted by atomic mass is 35.5. The SMILES string of the molecule is [CH2]/C=C(\Cl)C(F)(F)Cl. The second-order valence-corrected chi connectivity index (χ2v) is 1.93. The van der Waals surface area contributed by atoms with Crippen LogP contribution in [-0.2, 0) is 0 Å². The molecule has 0 aliphatic carbocycles. The van der Waals surface area contributed by atoms with Crippen LogP contribution in [0.25, 0.3) is 0 Å². The third-order valence-electron chi connectivity index (χ3n) is 0.450. The zero-order chi connectivity index (χ0) is 6.78. The highest BCUT2D eigenvalue weighted by Gasteiger charge is 2.28. The molecule has 0 aromatic rings. The van der Waals surface area contributed by atoms with Crippen LogP contribution >= 0.6 is 23.2 Å². The van der Waals surface area contributed by atoms with E-state index >= 15 is 0 Å². The number of hydrogen-bond donors (Lipinski definition) is 0. The first-order chi connectivity index (χ1) is 3.48. The zero-order valence-corrected chi connectivity index (χ0v) is 5.31. The molecule has 0 aromatic heterocycles. The second-order valence-electron chi connectivity index (χ2n) is 1.05. The summed E-state index contributed by atoms with van der Waals surface area (Å²) in [5.74, 6) is 0. The third-order valence-corrected chi connectivity index (χ3v) is 1.14. The summed E-state index contributed by atoms with van der Waals surface area (Å²) in [5.41, 5.74) is 0. The fraction of sp³-hybridized carbons (Fsp3) is 0.250. The molecular formula is C4H3Cl2F2. The Kier molecular flexibility index (Phi) is 2.71. The van der Waals surface area contributed by atoms with E-state index in [1.807, 2.05) is 0 Å². The Morgan fingerprint density at radius 1 is 1.62 bits per heavy atom. The molecule has 0 bridgehead atoms. The van der Waals surface area contributed by atoms with Gasteiger partial charge in [-0.25, -0.2) is 0 Å². The Bertz CT molecular complexity index is 103. The van der Waals surface area contributed by atoms with Crippen LogP contribution in [0.1, 0.15) is 0 Å². The highest BCUT2D eigenvalue weighted by Crippen LogP contribution is 2.30. The number of halogens is 4. The number of allylic oxidation sites excluding steroid dienone is 2. The van der Waals surface area contributed by atoms with E-state index < -0.39 is 10.4 Å². The molecule has 0 amide bonds. The molecule has 0 heterocycles. The van der Waals surface area contributed by atoms with Crippen molar-refractivity contribution in [2.24, 2.45) is 0 Å². The molecule has 1 radical (unpaired) electrons. The molecule has 0 saturated heterocycles. The van der Waals surface area contributed by atoms with E-state index in [1.54, 1.807) is 0 Å². The summed E-state index contributed by atoms with van der Waals surface area (Å²) >= 11 is 9.27. The van der Waals surface area contributed by atoms with Crippen molar-refractivity contribution in [2.45, 2.75) is 5.38 Å². The first-order valence-electron chi connectivity index (χ1n) is 1.70. The van der Waals surface area contributed by atoms with E-state index in [1.165, 1.54) is 0 Å². The molecule has 4 heteroatoms. The molecule has 8 heavy (non-hydrogen) atoms. The molecular weight excluding hydrogens is 157 g/mol. The molecule has 0 spiro atoms. The van der Waals surface area contributed by atoms with Crippen molar-refractivity contribution >= 4 is 23.2 Å². The van der Waals surface area contributed by atoms with Crippen LogP contribution < -0.4 is 0 Å². The van der Waals surface area contributed by atoms with Crippen molar-refractivity contribution in [3.05, 3.63) is 18.0 Å². The summed E-state index contributed by atoms with van der Waals surface area (Å²) in [6.07, 6.45) is 0.800. The Balaban J connectivity index is 4.03. The molecule has 0 N–H and O–H groups in total. The smallest absolute Gasteiger partial charge is 0.182 e. The van der Waals surface area contributed by atoms with Crippen molar-refractivity contribution in [1.29, 1.82) is 0 Å². The third kappa shape index (κ3) is 2.48. The maximum atomic E-state index is 11.6. The van der Waals surface area contributed by atoms with Crippen molar-refractivity contribution in [1.82, 2.24) is 0 Å². The minimum Gasteiger partial charge on any atom is -0.182 e. The predicted octanol–water partition coefficient (Wildman–Crippen LogP) is 2.77. The molecule has 47 valence electrons. The Morgan fingerprint density at radius 3 is 2.00 bits per heavy atom. The van der Waals surface area contributed by atoms with E-state index in [-0.39, 0.29) is 0 Å². The molecule has 0 saturated carbocycles. The number of hydrogen-bond acceptors (Lipinski definition) is 0. The van der Waals surface area contributed by atoms with E-state index in [9.17, 15) is 8.78 Å². The minimum absolute atomic E-state index is 0.751. The van der Waals surface area contributed by atoms with Crippen molar-refractivity contribution in [3.8, 4) is 0 Å². The fourth-order valence-corrected chi connectivity index (χ4v) is 0.193. The minimum atomic E-state index is -3.46. The van der Waals surface area contributed by atoms with E-state index in [0.717, 1.165) is 6.08 Å². The van der Waals surface area contributed by atoms with Gasteiger partial charge in [-0.3, -0.25) is 0 Å². The Hall–Kier alpha value is 0.180. The summed E-state index contributed by atoms with van der Waals surface area (Å²) in [7, 11) is 0. The lowest BCUT2D eigenvalue weighted by Gasteiger charge is -2.02. The Labute approximate surface area is 56.1 Å². The van der Waals surface area contributed by atoms with Crippen molar-refractivity contribution in [2.75, 3.05) is 0 Å². The topological polar surface area (TPSA) is 0 Å². The summed E-state index contributed by atoms with van der Waals surface area (Å²) in [6, 6.07) is 0. The number of alkyl halides is 3. The molecule has 0 unspecified atom stereocenters. The molecule has 0 fully saturated rings. The van der Waals surface area contributed by atoms with Gasteiger partial charge >= 0.3 is 5.38 Å². The quantitative estimate of drug-likeness (QED) is 0.517. The first kappa shape index (κ1) is 8.18. The van der Waals surface area contributed by atoms with E-state index in [4.69, 9.17) is 11.6 Å². The average Bonchev–Trinajstić information content (AvgIpc) is 1.62. The van der Waals surface area contributed by atoms with Crippen LogP contribution in [0.2, 0.25) is 0 Å². The maximum Gasteiger partial charge on any atom is 0.358 e. The molecule has 0 aliphatic heterocycles. The van der Waals surface area contributed by atoms with Gasteiger partial charge in [0.25, 0.3) is 0 Å². The van der Waals surface area contributed by atoms with Crippen LogP contribution in [0.4, 0.5) is 8.78 Å².